The molecule has 0 spiro atoms. The summed E-state index contributed by atoms with van der Waals surface area (Å²) >= 11 is 5.93. The molecule has 4 heteroatoms. The summed E-state index contributed by atoms with van der Waals surface area (Å²) in [6, 6.07) is 14.8. The van der Waals surface area contributed by atoms with Gasteiger partial charge in [-0.05, 0) is 35.7 Å². The van der Waals surface area contributed by atoms with Crippen LogP contribution in [0.5, 0.6) is 5.75 Å². The Bertz CT molecular complexity index is 638. The van der Waals surface area contributed by atoms with E-state index in [-0.39, 0.29) is 17.7 Å². The van der Waals surface area contributed by atoms with Gasteiger partial charge in [0.05, 0.1) is 18.7 Å². The summed E-state index contributed by atoms with van der Waals surface area (Å²) in [6.07, 6.45) is 0. The summed E-state index contributed by atoms with van der Waals surface area (Å²) in [7, 11) is 1.59. The summed E-state index contributed by atoms with van der Waals surface area (Å²) in [5.74, 6) is 0.509. The third-order valence-corrected chi connectivity index (χ3v) is 3.80. The summed E-state index contributed by atoms with van der Waals surface area (Å²) < 4.78 is 5.28. The third-order valence-electron chi connectivity index (χ3n) is 3.54. The van der Waals surface area contributed by atoms with Crippen LogP contribution in [0, 0.1) is 5.92 Å². The predicted octanol–water partition coefficient (Wildman–Crippen LogP) is 4.73. The van der Waals surface area contributed by atoms with Gasteiger partial charge in [0.15, 0.2) is 0 Å². The van der Waals surface area contributed by atoms with E-state index in [4.69, 9.17) is 16.3 Å². The van der Waals surface area contributed by atoms with Crippen LogP contribution in [0.1, 0.15) is 25.3 Å². The zero-order valence-electron chi connectivity index (χ0n) is 13.0. The molecule has 2 rings (SSSR count). The van der Waals surface area contributed by atoms with Crippen LogP contribution < -0.4 is 10.1 Å². The van der Waals surface area contributed by atoms with Crippen LogP contribution in [0.15, 0.2) is 48.5 Å². The van der Waals surface area contributed by atoms with E-state index in [0.29, 0.717) is 16.5 Å². The number of carbonyl (C=O) groups is 1. The standard InChI is InChI=1S/C18H20ClNO2/c1-12(2)17(13-8-10-14(19)11-9-13)18(21)20-15-6-4-5-7-16(15)22-3/h4-12,17H,1-3H3,(H,20,21)/t17-/m0/s1. The van der Waals surface area contributed by atoms with E-state index in [1.807, 2.05) is 62.4 Å². The number of halogens is 1. The van der Waals surface area contributed by atoms with Gasteiger partial charge in [-0.25, -0.2) is 0 Å². The van der Waals surface area contributed by atoms with Gasteiger partial charge in [0.25, 0.3) is 0 Å². The van der Waals surface area contributed by atoms with E-state index in [1.165, 1.54) is 0 Å². The Kier molecular flexibility index (Phi) is 5.45. The summed E-state index contributed by atoms with van der Waals surface area (Å²) in [5, 5.41) is 3.62. The third kappa shape index (κ3) is 3.80. The normalized spacial score (nSPS) is 12.0. The summed E-state index contributed by atoms with van der Waals surface area (Å²) in [4.78, 5) is 12.7. The summed E-state index contributed by atoms with van der Waals surface area (Å²) in [5.41, 5.74) is 1.63. The van der Waals surface area contributed by atoms with Crippen LogP contribution in [-0.4, -0.2) is 13.0 Å². The number of methoxy groups -OCH3 is 1. The van der Waals surface area contributed by atoms with Gasteiger partial charge >= 0.3 is 0 Å². The topological polar surface area (TPSA) is 38.3 Å². The molecule has 0 unspecified atom stereocenters. The lowest BCUT2D eigenvalue weighted by molar-refractivity contribution is -0.118. The number of hydrogen-bond acceptors (Lipinski definition) is 2. The van der Waals surface area contributed by atoms with Gasteiger partial charge in [0.1, 0.15) is 5.75 Å². The van der Waals surface area contributed by atoms with Crippen molar-refractivity contribution in [2.24, 2.45) is 5.92 Å². The van der Waals surface area contributed by atoms with E-state index in [2.05, 4.69) is 5.32 Å². The highest BCUT2D eigenvalue weighted by Crippen LogP contribution is 2.29. The number of nitrogens with one attached hydrogen (secondary N) is 1. The van der Waals surface area contributed by atoms with Crippen molar-refractivity contribution >= 4 is 23.2 Å². The molecule has 0 radical (unpaired) electrons. The minimum atomic E-state index is -0.248. The molecule has 0 aromatic heterocycles. The average molecular weight is 318 g/mol. The molecule has 0 aliphatic rings. The second-order valence-corrected chi connectivity index (χ2v) is 5.90. The van der Waals surface area contributed by atoms with E-state index in [9.17, 15) is 4.79 Å². The lowest BCUT2D eigenvalue weighted by Gasteiger charge is -2.21. The number of ether oxygens (including phenoxy) is 1. The zero-order chi connectivity index (χ0) is 16.1. The maximum absolute atomic E-state index is 12.7. The highest BCUT2D eigenvalue weighted by Gasteiger charge is 2.24. The molecule has 0 fully saturated rings. The van der Waals surface area contributed by atoms with E-state index in [1.54, 1.807) is 7.11 Å². The second kappa shape index (κ2) is 7.32. The molecule has 2 aromatic carbocycles. The quantitative estimate of drug-likeness (QED) is 0.866. The zero-order valence-corrected chi connectivity index (χ0v) is 13.7. The van der Waals surface area contributed by atoms with Crippen LogP contribution in [-0.2, 0) is 4.79 Å². The van der Waals surface area contributed by atoms with Crippen molar-refractivity contribution in [1.82, 2.24) is 0 Å². The fourth-order valence-electron chi connectivity index (χ4n) is 2.47. The van der Waals surface area contributed by atoms with Crippen molar-refractivity contribution < 1.29 is 9.53 Å². The monoisotopic (exact) mass is 317 g/mol. The first-order valence-electron chi connectivity index (χ1n) is 7.22. The summed E-state index contributed by atoms with van der Waals surface area (Å²) in [6.45, 7) is 4.06. The van der Waals surface area contributed by atoms with E-state index >= 15 is 0 Å². The van der Waals surface area contributed by atoms with Crippen molar-refractivity contribution in [3.05, 3.63) is 59.1 Å². The molecule has 22 heavy (non-hydrogen) atoms. The number of hydrogen-bond donors (Lipinski definition) is 1. The smallest absolute Gasteiger partial charge is 0.232 e. The first-order chi connectivity index (χ1) is 10.5. The Morgan fingerprint density at radius 2 is 1.73 bits per heavy atom. The molecule has 1 atom stereocenters. The number of carbonyl (C=O) groups excluding carboxylic acids is 1. The number of para-hydroxylation sites is 2. The van der Waals surface area contributed by atoms with Gasteiger partial charge in [-0.2, -0.15) is 0 Å². The molecule has 1 amide bonds. The highest BCUT2D eigenvalue weighted by atomic mass is 35.5. The molecule has 0 saturated carbocycles. The van der Waals surface area contributed by atoms with Gasteiger partial charge in [-0.1, -0.05) is 49.7 Å². The molecule has 1 N–H and O–H groups in total. The molecule has 0 bridgehead atoms. The molecule has 116 valence electrons. The van der Waals surface area contributed by atoms with Gasteiger partial charge in [-0.3, -0.25) is 4.79 Å². The molecule has 0 heterocycles. The van der Waals surface area contributed by atoms with Crippen molar-refractivity contribution in [1.29, 1.82) is 0 Å². The van der Waals surface area contributed by atoms with Gasteiger partial charge in [0, 0.05) is 5.02 Å². The van der Waals surface area contributed by atoms with Crippen molar-refractivity contribution in [2.45, 2.75) is 19.8 Å². The molecule has 0 aliphatic carbocycles. The highest BCUT2D eigenvalue weighted by molar-refractivity contribution is 6.30. The van der Waals surface area contributed by atoms with E-state index in [0.717, 1.165) is 5.56 Å². The Morgan fingerprint density at radius 3 is 2.32 bits per heavy atom. The van der Waals surface area contributed by atoms with Crippen LogP contribution in [0.2, 0.25) is 5.02 Å². The first kappa shape index (κ1) is 16.4. The largest absolute Gasteiger partial charge is 0.495 e. The number of anilines is 1. The number of amides is 1. The van der Waals surface area contributed by atoms with Gasteiger partial charge < -0.3 is 10.1 Å². The second-order valence-electron chi connectivity index (χ2n) is 5.46. The maximum atomic E-state index is 12.7. The van der Waals surface area contributed by atoms with Crippen LogP contribution in [0.25, 0.3) is 0 Å². The van der Waals surface area contributed by atoms with E-state index < -0.39 is 0 Å². The molecule has 0 aliphatic heterocycles. The van der Waals surface area contributed by atoms with Crippen molar-refractivity contribution in [3.8, 4) is 5.75 Å². The lowest BCUT2D eigenvalue weighted by Crippen LogP contribution is -2.25. The van der Waals surface area contributed by atoms with Gasteiger partial charge in [0.2, 0.25) is 5.91 Å². The Hall–Kier alpha value is -2.00. The maximum Gasteiger partial charge on any atom is 0.232 e. The minimum absolute atomic E-state index is 0.0539. The fourth-order valence-corrected chi connectivity index (χ4v) is 2.59. The number of benzene rings is 2. The minimum Gasteiger partial charge on any atom is -0.495 e. The molecular formula is C18H20ClNO2. The Labute approximate surface area is 136 Å². The SMILES string of the molecule is COc1ccccc1NC(=O)[C@H](c1ccc(Cl)cc1)C(C)C. The molecule has 0 saturated heterocycles. The molecular weight excluding hydrogens is 298 g/mol. The van der Waals surface area contributed by atoms with Crippen LogP contribution in [0.3, 0.4) is 0 Å². The van der Waals surface area contributed by atoms with Crippen LogP contribution >= 0.6 is 11.6 Å². The van der Waals surface area contributed by atoms with Crippen LogP contribution in [0.4, 0.5) is 5.69 Å². The van der Waals surface area contributed by atoms with Crippen molar-refractivity contribution in [3.63, 3.8) is 0 Å². The first-order valence-corrected chi connectivity index (χ1v) is 7.60. The Balaban J connectivity index is 2.25. The molecule has 2 aromatic rings. The van der Waals surface area contributed by atoms with Gasteiger partial charge in [-0.15, -0.1) is 0 Å². The fraction of sp³-hybridized carbons (Fsp3) is 0.278. The van der Waals surface area contributed by atoms with Crippen molar-refractivity contribution in [2.75, 3.05) is 12.4 Å². The number of rotatable bonds is 5. The average Bonchev–Trinajstić information content (AvgIpc) is 2.49. The lowest BCUT2D eigenvalue weighted by atomic mass is 9.87. The Morgan fingerprint density at radius 1 is 1.09 bits per heavy atom. The molecule has 3 nitrogen and oxygen atoms in total. The predicted molar refractivity (Wildman–Crippen MR) is 90.7 cm³/mol.